The number of aromatic amines is 1. The molecule has 0 spiro atoms. The van der Waals surface area contributed by atoms with Gasteiger partial charge >= 0.3 is 0 Å². The third kappa shape index (κ3) is 4.60. The summed E-state index contributed by atoms with van der Waals surface area (Å²) in [4.78, 5) is 5.93. The number of ether oxygens (including phenoxy) is 1. The van der Waals surface area contributed by atoms with Crippen LogP contribution in [0.25, 0.3) is 21.8 Å². The van der Waals surface area contributed by atoms with Gasteiger partial charge in [-0.25, -0.2) is 0 Å². The van der Waals surface area contributed by atoms with Gasteiger partial charge in [-0.2, -0.15) is 0 Å². The van der Waals surface area contributed by atoms with E-state index in [-0.39, 0.29) is 0 Å². The number of hydrogen-bond donors (Lipinski definition) is 3. The highest BCUT2D eigenvalue weighted by Gasteiger charge is 2.14. The fourth-order valence-corrected chi connectivity index (χ4v) is 4.34. The van der Waals surface area contributed by atoms with E-state index in [1.54, 1.807) is 0 Å². The van der Waals surface area contributed by atoms with Crippen LogP contribution in [0.3, 0.4) is 0 Å². The standard InChI is InChI=1S/C24H24Cl2N4O/c25-16-1-4-18(5-2-16)28-19-14-21-20-13-17(26)3-6-22(20)29-24(21)23(15-19)31-12-11-30-9-7-27-8-10-30/h1-6,13-15,27-29H,7-12H2. The van der Waals surface area contributed by atoms with Gasteiger partial charge in [-0.3, -0.25) is 4.90 Å². The first-order chi connectivity index (χ1) is 15.2. The summed E-state index contributed by atoms with van der Waals surface area (Å²) < 4.78 is 6.29. The molecule has 1 aliphatic rings. The highest BCUT2D eigenvalue weighted by Crippen LogP contribution is 2.37. The normalized spacial score (nSPS) is 14.9. The molecule has 3 aromatic carbocycles. The minimum absolute atomic E-state index is 0.635. The first kappa shape index (κ1) is 20.5. The van der Waals surface area contributed by atoms with E-state index in [0.717, 1.165) is 71.7 Å². The maximum Gasteiger partial charge on any atom is 0.145 e. The maximum atomic E-state index is 6.29. The topological polar surface area (TPSA) is 52.3 Å². The zero-order chi connectivity index (χ0) is 21.2. The number of hydrogen-bond acceptors (Lipinski definition) is 4. The first-order valence-corrected chi connectivity index (χ1v) is 11.2. The van der Waals surface area contributed by atoms with Gasteiger partial charge in [-0.15, -0.1) is 0 Å². The molecule has 5 rings (SSSR count). The van der Waals surface area contributed by atoms with Crippen LogP contribution >= 0.6 is 23.2 Å². The fraction of sp³-hybridized carbons (Fsp3) is 0.250. The van der Waals surface area contributed by atoms with Crippen LogP contribution in [0.2, 0.25) is 10.0 Å². The van der Waals surface area contributed by atoms with Crippen LogP contribution in [0, 0.1) is 0 Å². The average Bonchev–Trinajstić information content (AvgIpc) is 3.14. The Morgan fingerprint density at radius 3 is 2.45 bits per heavy atom. The monoisotopic (exact) mass is 454 g/mol. The number of fused-ring (bicyclic) bond motifs is 3. The molecule has 160 valence electrons. The SMILES string of the molecule is Clc1ccc(Nc2cc(OCCN3CCNCC3)c3[nH]c4ccc(Cl)cc4c3c2)cc1. The Bertz CT molecular complexity index is 1200. The van der Waals surface area contributed by atoms with Gasteiger partial charge in [-0.1, -0.05) is 23.2 Å². The van der Waals surface area contributed by atoms with Crippen LogP contribution in [0.5, 0.6) is 5.75 Å². The average molecular weight is 455 g/mol. The number of nitrogens with one attached hydrogen (secondary N) is 3. The number of H-pyrrole nitrogens is 1. The first-order valence-electron chi connectivity index (χ1n) is 10.5. The van der Waals surface area contributed by atoms with Crippen LogP contribution in [0.15, 0.2) is 54.6 Å². The van der Waals surface area contributed by atoms with Gasteiger partial charge in [-0.05, 0) is 48.5 Å². The van der Waals surface area contributed by atoms with Crippen molar-refractivity contribution in [1.82, 2.24) is 15.2 Å². The van der Waals surface area contributed by atoms with Gasteiger partial charge in [0, 0.05) is 76.5 Å². The van der Waals surface area contributed by atoms with E-state index >= 15 is 0 Å². The van der Waals surface area contributed by atoms with Crippen molar-refractivity contribution in [3.8, 4) is 5.75 Å². The molecule has 0 atom stereocenters. The Morgan fingerprint density at radius 1 is 0.871 bits per heavy atom. The highest BCUT2D eigenvalue weighted by atomic mass is 35.5. The zero-order valence-electron chi connectivity index (χ0n) is 17.1. The molecule has 1 aliphatic heterocycles. The molecule has 7 heteroatoms. The van der Waals surface area contributed by atoms with Gasteiger partial charge in [0.2, 0.25) is 0 Å². The molecule has 0 unspecified atom stereocenters. The molecule has 0 aliphatic carbocycles. The van der Waals surface area contributed by atoms with Crippen molar-refractivity contribution in [3.63, 3.8) is 0 Å². The quantitative estimate of drug-likeness (QED) is 0.352. The summed E-state index contributed by atoms with van der Waals surface area (Å²) >= 11 is 12.3. The smallest absolute Gasteiger partial charge is 0.145 e. The van der Waals surface area contributed by atoms with Gasteiger partial charge < -0.3 is 20.4 Å². The molecule has 0 amide bonds. The second-order valence-electron chi connectivity index (χ2n) is 7.78. The highest BCUT2D eigenvalue weighted by molar-refractivity contribution is 6.32. The molecular formula is C24H24Cl2N4O. The molecule has 1 aromatic heterocycles. The second kappa shape index (κ2) is 8.97. The number of benzene rings is 3. The van der Waals surface area contributed by atoms with E-state index in [0.29, 0.717) is 16.7 Å². The minimum atomic E-state index is 0.635. The van der Waals surface area contributed by atoms with Crippen LogP contribution in [-0.4, -0.2) is 49.2 Å². The van der Waals surface area contributed by atoms with E-state index in [1.807, 2.05) is 48.5 Å². The van der Waals surface area contributed by atoms with Gasteiger partial charge in [0.05, 0.1) is 5.52 Å². The van der Waals surface area contributed by atoms with Crippen molar-refractivity contribution in [1.29, 1.82) is 0 Å². The third-order valence-corrected chi connectivity index (χ3v) is 6.13. The Morgan fingerprint density at radius 2 is 1.65 bits per heavy atom. The maximum absolute atomic E-state index is 6.29. The largest absolute Gasteiger partial charge is 0.490 e. The van der Waals surface area contributed by atoms with Crippen molar-refractivity contribution in [3.05, 3.63) is 64.6 Å². The molecule has 4 aromatic rings. The summed E-state index contributed by atoms with van der Waals surface area (Å²) in [6.45, 7) is 5.73. The number of aromatic nitrogens is 1. The number of anilines is 2. The predicted octanol–water partition coefficient (Wildman–Crippen LogP) is 5.66. The van der Waals surface area contributed by atoms with Crippen molar-refractivity contribution in [2.75, 3.05) is 44.6 Å². The van der Waals surface area contributed by atoms with E-state index in [9.17, 15) is 0 Å². The van der Waals surface area contributed by atoms with Crippen LogP contribution in [0.4, 0.5) is 11.4 Å². The summed E-state index contributed by atoms with van der Waals surface area (Å²) in [5, 5.41) is 10.4. The number of nitrogens with zero attached hydrogens (tertiary/aromatic N) is 1. The summed E-state index contributed by atoms with van der Waals surface area (Å²) in [6, 6.07) is 17.7. The molecule has 1 fully saturated rings. The third-order valence-electron chi connectivity index (χ3n) is 5.64. The van der Waals surface area contributed by atoms with Crippen LogP contribution in [-0.2, 0) is 0 Å². The van der Waals surface area contributed by atoms with E-state index < -0.39 is 0 Å². The van der Waals surface area contributed by atoms with Crippen molar-refractivity contribution in [2.24, 2.45) is 0 Å². The van der Waals surface area contributed by atoms with Crippen molar-refractivity contribution >= 4 is 56.4 Å². The molecule has 31 heavy (non-hydrogen) atoms. The molecule has 0 saturated carbocycles. The molecule has 1 saturated heterocycles. The molecule has 0 bridgehead atoms. The summed E-state index contributed by atoms with van der Waals surface area (Å²) in [7, 11) is 0. The molecular weight excluding hydrogens is 431 g/mol. The van der Waals surface area contributed by atoms with Gasteiger partial charge in [0.1, 0.15) is 12.4 Å². The van der Waals surface area contributed by atoms with Crippen molar-refractivity contribution in [2.45, 2.75) is 0 Å². The number of piperazine rings is 1. The van der Waals surface area contributed by atoms with Crippen molar-refractivity contribution < 1.29 is 4.74 Å². The minimum Gasteiger partial charge on any atom is -0.490 e. The lowest BCUT2D eigenvalue weighted by atomic mass is 10.1. The number of halogens is 2. The van der Waals surface area contributed by atoms with Gasteiger partial charge in [0.25, 0.3) is 0 Å². The predicted molar refractivity (Wildman–Crippen MR) is 130 cm³/mol. The zero-order valence-corrected chi connectivity index (χ0v) is 18.6. The van der Waals surface area contributed by atoms with E-state index in [1.165, 1.54) is 0 Å². The fourth-order valence-electron chi connectivity index (χ4n) is 4.05. The molecule has 5 nitrogen and oxygen atoms in total. The lowest BCUT2D eigenvalue weighted by molar-refractivity contribution is 0.192. The summed E-state index contributed by atoms with van der Waals surface area (Å²) in [5.74, 6) is 0.830. The Kier molecular flexibility index (Phi) is 5.92. The molecule has 2 heterocycles. The van der Waals surface area contributed by atoms with Crippen LogP contribution in [0.1, 0.15) is 0 Å². The van der Waals surface area contributed by atoms with E-state index in [2.05, 4.69) is 26.6 Å². The number of rotatable bonds is 6. The second-order valence-corrected chi connectivity index (χ2v) is 8.66. The summed E-state index contributed by atoms with van der Waals surface area (Å²) in [6.07, 6.45) is 0. The molecule has 0 radical (unpaired) electrons. The lowest BCUT2D eigenvalue weighted by Gasteiger charge is -2.27. The Balaban J connectivity index is 1.48. The lowest BCUT2D eigenvalue weighted by Crippen LogP contribution is -2.44. The van der Waals surface area contributed by atoms with Crippen LogP contribution < -0.4 is 15.4 Å². The molecule has 3 N–H and O–H groups in total. The van der Waals surface area contributed by atoms with E-state index in [4.69, 9.17) is 27.9 Å². The summed E-state index contributed by atoms with van der Waals surface area (Å²) in [5.41, 5.74) is 3.94. The Labute approximate surface area is 191 Å². The van der Waals surface area contributed by atoms with Gasteiger partial charge in [0.15, 0.2) is 0 Å². The Hall–Kier alpha value is -2.44.